The average molecular weight is 498 g/mol. The van der Waals surface area contributed by atoms with Crippen molar-refractivity contribution in [1.82, 2.24) is 14.9 Å². The van der Waals surface area contributed by atoms with Crippen molar-refractivity contribution >= 4 is 34.0 Å². The zero-order chi connectivity index (χ0) is 25.6. The highest BCUT2D eigenvalue weighted by molar-refractivity contribution is 6.04. The Morgan fingerprint density at radius 1 is 0.973 bits per heavy atom. The van der Waals surface area contributed by atoms with E-state index in [2.05, 4.69) is 32.5 Å². The minimum Gasteiger partial charge on any atom is -0.493 e. The third kappa shape index (κ3) is 5.98. The number of carbonyl (C=O) groups excluding carboxylic acids is 1. The van der Waals surface area contributed by atoms with E-state index in [4.69, 9.17) is 9.47 Å². The van der Waals surface area contributed by atoms with Crippen molar-refractivity contribution < 1.29 is 14.3 Å². The predicted molar refractivity (Wildman–Crippen MR) is 146 cm³/mol. The average Bonchev–Trinajstić information content (AvgIpc) is 2.94. The van der Waals surface area contributed by atoms with Gasteiger partial charge in [0.05, 0.1) is 19.2 Å². The Kier molecular flexibility index (Phi) is 7.46. The van der Waals surface area contributed by atoms with Crippen LogP contribution in [0.4, 0.5) is 17.2 Å². The summed E-state index contributed by atoms with van der Waals surface area (Å²) in [6.07, 6.45) is 3.81. The normalized spacial score (nSPS) is 14.3. The van der Waals surface area contributed by atoms with Crippen LogP contribution in [0.3, 0.4) is 0 Å². The van der Waals surface area contributed by atoms with Crippen LogP contribution in [0.5, 0.6) is 11.5 Å². The number of methoxy groups -OCH3 is 1. The third-order valence-corrected chi connectivity index (χ3v) is 6.67. The summed E-state index contributed by atoms with van der Waals surface area (Å²) >= 11 is 0. The number of benzene rings is 3. The van der Waals surface area contributed by atoms with Gasteiger partial charge < -0.3 is 25.0 Å². The Labute approximate surface area is 216 Å². The summed E-state index contributed by atoms with van der Waals surface area (Å²) in [6, 6.07) is 20.4. The third-order valence-electron chi connectivity index (χ3n) is 6.67. The van der Waals surface area contributed by atoms with E-state index in [0.29, 0.717) is 41.1 Å². The molecule has 8 nitrogen and oxygen atoms in total. The summed E-state index contributed by atoms with van der Waals surface area (Å²) in [5.74, 6) is 2.39. The zero-order valence-corrected chi connectivity index (χ0v) is 21.1. The smallest absolute Gasteiger partial charge is 0.255 e. The molecule has 1 amide bonds. The van der Waals surface area contributed by atoms with Crippen molar-refractivity contribution in [3.05, 3.63) is 78.6 Å². The second kappa shape index (κ2) is 11.3. The number of rotatable bonds is 8. The fourth-order valence-electron chi connectivity index (χ4n) is 4.44. The van der Waals surface area contributed by atoms with Gasteiger partial charge in [-0.1, -0.05) is 18.2 Å². The molecule has 8 heteroatoms. The minimum absolute atomic E-state index is 0.149. The first-order chi connectivity index (χ1) is 18.1. The molecule has 4 aromatic rings. The summed E-state index contributed by atoms with van der Waals surface area (Å²) in [5.41, 5.74) is 2.92. The fourth-order valence-corrected chi connectivity index (χ4v) is 4.44. The van der Waals surface area contributed by atoms with Crippen LogP contribution in [-0.4, -0.2) is 54.6 Å². The van der Waals surface area contributed by atoms with Gasteiger partial charge in [-0.15, -0.1) is 0 Å². The van der Waals surface area contributed by atoms with E-state index in [-0.39, 0.29) is 5.91 Å². The van der Waals surface area contributed by atoms with Crippen molar-refractivity contribution in [1.29, 1.82) is 0 Å². The molecule has 3 aromatic carbocycles. The fraction of sp³-hybridized carbons (Fsp3) is 0.276. The predicted octanol–water partition coefficient (Wildman–Crippen LogP) is 5.35. The van der Waals surface area contributed by atoms with Gasteiger partial charge in [0.2, 0.25) is 0 Å². The number of carbonyl (C=O) groups is 1. The summed E-state index contributed by atoms with van der Waals surface area (Å²) in [7, 11) is 3.80. The molecule has 0 saturated carbocycles. The highest BCUT2D eigenvalue weighted by Crippen LogP contribution is 2.35. The number of ether oxygens (including phenoxy) is 2. The number of piperidine rings is 1. The van der Waals surface area contributed by atoms with Gasteiger partial charge >= 0.3 is 0 Å². The minimum atomic E-state index is -0.149. The maximum Gasteiger partial charge on any atom is 0.255 e. The summed E-state index contributed by atoms with van der Waals surface area (Å²) in [6.45, 7) is 2.87. The quantitative estimate of drug-likeness (QED) is 0.339. The van der Waals surface area contributed by atoms with E-state index in [1.54, 1.807) is 19.2 Å². The Morgan fingerprint density at radius 2 is 1.70 bits per heavy atom. The van der Waals surface area contributed by atoms with Gasteiger partial charge in [-0.2, -0.15) is 0 Å². The first-order valence-electron chi connectivity index (χ1n) is 12.5. The molecule has 0 atom stereocenters. The van der Waals surface area contributed by atoms with E-state index < -0.39 is 0 Å². The van der Waals surface area contributed by atoms with Crippen molar-refractivity contribution in [2.45, 2.75) is 12.8 Å². The second-order valence-electron chi connectivity index (χ2n) is 9.32. The van der Waals surface area contributed by atoms with Crippen molar-refractivity contribution in [3.8, 4) is 11.5 Å². The highest BCUT2D eigenvalue weighted by Gasteiger charge is 2.19. The summed E-state index contributed by atoms with van der Waals surface area (Å²) < 4.78 is 11.8. The monoisotopic (exact) mass is 497 g/mol. The van der Waals surface area contributed by atoms with Crippen LogP contribution in [0.2, 0.25) is 0 Å². The van der Waals surface area contributed by atoms with E-state index in [0.717, 1.165) is 42.5 Å². The van der Waals surface area contributed by atoms with Crippen molar-refractivity contribution in [2.24, 2.45) is 5.92 Å². The molecule has 0 radical (unpaired) electrons. The van der Waals surface area contributed by atoms with Gasteiger partial charge in [-0.05, 0) is 81.4 Å². The second-order valence-corrected chi connectivity index (χ2v) is 9.32. The van der Waals surface area contributed by atoms with Crippen LogP contribution in [0.15, 0.2) is 73.1 Å². The molecular formula is C29H31N5O3. The van der Waals surface area contributed by atoms with E-state index >= 15 is 0 Å². The van der Waals surface area contributed by atoms with Crippen LogP contribution >= 0.6 is 0 Å². The molecule has 2 N–H and O–H groups in total. The van der Waals surface area contributed by atoms with Gasteiger partial charge in [0.25, 0.3) is 5.91 Å². The molecular weight excluding hydrogens is 466 g/mol. The Bertz CT molecular complexity index is 1350. The first-order valence-corrected chi connectivity index (χ1v) is 12.5. The van der Waals surface area contributed by atoms with Crippen LogP contribution < -0.4 is 20.1 Å². The molecule has 0 aliphatic carbocycles. The lowest BCUT2D eigenvalue weighted by molar-refractivity contribution is 0.102. The number of anilines is 3. The number of fused-ring (bicyclic) bond motifs is 1. The Hall–Kier alpha value is -4.17. The summed E-state index contributed by atoms with van der Waals surface area (Å²) in [4.78, 5) is 23.7. The highest BCUT2D eigenvalue weighted by atomic mass is 16.5. The van der Waals surface area contributed by atoms with E-state index in [1.165, 1.54) is 6.33 Å². The molecule has 5 rings (SSSR count). The number of hydrogen-bond donors (Lipinski definition) is 2. The maximum atomic E-state index is 12.4. The molecule has 1 aromatic heterocycles. The van der Waals surface area contributed by atoms with Crippen LogP contribution in [-0.2, 0) is 0 Å². The molecule has 2 heterocycles. The molecule has 1 fully saturated rings. The number of likely N-dealkylation sites (tertiary alicyclic amines) is 1. The lowest BCUT2D eigenvalue weighted by atomic mass is 9.98. The first kappa shape index (κ1) is 24.5. The van der Waals surface area contributed by atoms with Gasteiger partial charge in [0.1, 0.15) is 12.1 Å². The number of aromatic nitrogens is 2. The molecule has 190 valence electrons. The standard InChI is InChI=1S/C29H31N5O3/c1-34-14-12-20(13-15-34)18-37-27-17-25-24(16-26(27)36-2)28(31-19-30-25)32-22-8-10-23(11-9-22)33-29(35)21-6-4-3-5-7-21/h3-11,16-17,19-20H,12-15,18H2,1-2H3,(H,33,35)(H,30,31,32). The van der Waals surface area contributed by atoms with Gasteiger partial charge in [0, 0.05) is 28.4 Å². The van der Waals surface area contributed by atoms with E-state index in [1.807, 2.05) is 54.6 Å². The lowest BCUT2D eigenvalue weighted by Gasteiger charge is -2.28. The molecule has 0 spiro atoms. The van der Waals surface area contributed by atoms with Gasteiger partial charge in [-0.25, -0.2) is 9.97 Å². The Morgan fingerprint density at radius 3 is 2.43 bits per heavy atom. The largest absolute Gasteiger partial charge is 0.493 e. The molecule has 1 aliphatic heterocycles. The number of nitrogens with zero attached hydrogens (tertiary/aromatic N) is 3. The van der Waals surface area contributed by atoms with Gasteiger partial charge in [0.15, 0.2) is 11.5 Å². The number of nitrogens with one attached hydrogen (secondary N) is 2. The van der Waals surface area contributed by atoms with E-state index in [9.17, 15) is 4.79 Å². The maximum absolute atomic E-state index is 12.4. The number of amides is 1. The van der Waals surface area contributed by atoms with Crippen molar-refractivity contribution in [3.63, 3.8) is 0 Å². The van der Waals surface area contributed by atoms with Crippen LogP contribution in [0.25, 0.3) is 10.9 Å². The molecule has 0 bridgehead atoms. The molecule has 37 heavy (non-hydrogen) atoms. The summed E-state index contributed by atoms with van der Waals surface area (Å²) in [5, 5.41) is 7.09. The topological polar surface area (TPSA) is 88.6 Å². The van der Waals surface area contributed by atoms with Gasteiger partial charge in [-0.3, -0.25) is 4.79 Å². The van der Waals surface area contributed by atoms with Crippen LogP contribution in [0.1, 0.15) is 23.2 Å². The van der Waals surface area contributed by atoms with Crippen molar-refractivity contribution in [2.75, 3.05) is 44.5 Å². The number of hydrogen-bond acceptors (Lipinski definition) is 7. The lowest BCUT2D eigenvalue weighted by Crippen LogP contribution is -2.32. The van der Waals surface area contributed by atoms with Crippen LogP contribution in [0, 0.1) is 5.92 Å². The molecule has 1 aliphatic rings. The molecule has 1 saturated heterocycles. The zero-order valence-electron chi connectivity index (χ0n) is 21.1. The SMILES string of the molecule is COc1cc2c(Nc3ccc(NC(=O)c4ccccc4)cc3)ncnc2cc1OCC1CCN(C)CC1. The molecule has 0 unspecified atom stereocenters. The Balaban J connectivity index is 1.29.